The van der Waals surface area contributed by atoms with Crippen LogP contribution in [0, 0.1) is 0 Å². The van der Waals surface area contributed by atoms with Gasteiger partial charge in [-0.15, -0.1) is 11.8 Å². The molecule has 0 spiro atoms. The number of thioether (sulfide) groups is 1. The fourth-order valence-electron chi connectivity index (χ4n) is 3.24. The van der Waals surface area contributed by atoms with Crippen molar-refractivity contribution in [2.75, 3.05) is 18.5 Å². The van der Waals surface area contributed by atoms with Gasteiger partial charge < -0.3 is 9.84 Å². The Hall–Kier alpha value is -2.83. The lowest BCUT2D eigenvalue weighted by atomic mass is 10.0. The van der Waals surface area contributed by atoms with Crippen molar-refractivity contribution in [3.8, 4) is 22.4 Å². The van der Waals surface area contributed by atoms with E-state index in [1.807, 2.05) is 0 Å². The van der Waals surface area contributed by atoms with Gasteiger partial charge >= 0.3 is 12.1 Å². The smallest absolute Gasteiger partial charge is 0.435 e. The molecule has 0 bridgehead atoms. The van der Waals surface area contributed by atoms with Crippen molar-refractivity contribution in [3.05, 3.63) is 59.8 Å². The normalized spacial score (nSPS) is 12.1. The van der Waals surface area contributed by atoms with Gasteiger partial charge in [-0.1, -0.05) is 36.4 Å². The van der Waals surface area contributed by atoms with E-state index in [4.69, 9.17) is 4.74 Å². The number of halogens is 3. The first-order valence-corrected chi connectivity index (χ1v) is 13.1. The van der Waals surface area contributed by atoms with Crippen LogP contribution < -0.4 is 0 Å². The quantitative estimate of drug-likeness (QED) is 0.358. The minimum Gasteiger partial charge on any atom is -0.453 e. The Balaban J connectivity index is 1.98. The lowest BCUT2D eigenvalue weighted by molar-refractivity contribution is -0.144. The number of alkyl halides is 3. The lowest BCUT2D eigenvalue weighted by Crippen LogP contribution is -2.16. The summed E-state index contributed by atoms with van der Waals surface area (Å²) in [5.41, 5.74) is 0.738. The van der Waals surface area contributed by atoms with Crippen molar-refractivity contribution >= 4 is 27.6 Å². The SMILES string of the molecule is CSCOC(=O)Cn1nc(C(F)(F)F)cc1-c1ccc(-c2ccc(CO)c(S(C)(=O)=O)c2)cc1. The summed E-state index contributed by atoms with van der Waals surface area (Å²) in [4.78, 5) is 12.0. The Bertz CT molecular complexity index is 1290. The topological polar surface area (TPSA) is 98.5 Å². The first-order chi connectivity index (χ1) is 15.9. The molecular weight excluding hydrogens is 493 g/mol. The Labute approximate surface area is 198 Å². The average molecular weight is 515 g/mol. The first kappa shape index (κ1) is 25.8. The number of ether oxygens (including phenoxy) is 1. The van der Waals surface area contributed by atoms with Crippen LogP contribution in [0.4, 0.5) is 13.2 Å². The van der Waals surface area contributed by atoms with Crippen LogP contribution in [-0.4, -0.2) is 47.7 Å². The number of benzene rings is 2. The molecular formula is C22H21F3N2O5S2. The summed E-state index contributed by atoms with van der Waals surface area (Å²) >= 11 is 1.25. The molecule has 3 rings (SSSR count). The Morgan fingerprint density at radius 2 is 1.71 bits per heavy atom. The molecule has 182 valence electrons. The van der Waals surface area contributed by atoms with E-state index in [1.54, 1.807) is 36.6 Å². The summed E-state index contributed by atoms with van der Waals surface area (Å²) in [6.07, 6.45) is -1.94. The molecule has 0 aliphatic carbocycles. The molecule has 0 fully saturated rings. The average Bonchev–Trinajstić information content (AvgIpc) is 3.21. The molecule has 12 heteroatoms. The summed E-state index contributed by atoms with van der Waals surface area (Å²) in [6, 6.07) is 11.8. The number of carbonyl (C=O) groups excluding carboxylic acids is 1. The molecule has 0 unspecified atom stereocenters. The fourth-order valence-corrected chi connectivity index (χ4v) is 4.44. The summed E-state index contributed by atoms with van der Waals surface area (Å²) < 4.78 is 69.8. The second kappa shape index (κ2) is 10.2. The number of carbonyl (C=O) groups is 1. The van der Waals surface area contributed by atoms with Crippen molar-refractivity contribution in [1.82, 2.24) is 9.78 Å². The van der Waals surface area contributed by atoms with Crippen LogP contribution >= 0.6 is 11.8 Å². The van der Waals surface area contributed by atoms with Gasteiger partial charge in [-0.05, 0) is 40.6 Å². The van der Waals surface area contributed by atoms with Crippen molar-refractivity contribution < 1.29 is 36.2 Å². The van der Waals surface area contributed by atoms with Gasteiger partial charge in [-0.25, -0.2) is 8.42 Å². The molecule has 1 aromatic heterocycles. The van der Waals surface area contributed by atoms with Crippen LogP contribution in [0.2, 0.25) is 0 Å². The second-order valence-corrected chi connectivity index (χ2v) is 10.1. The maximum Gasteiger partial charge on any atom is 0.435 e. The van der Waals surface area contributed by atoms with Crippen molar-refractivity contribution in [3.63, 3.8) is 0 Å². The van der Waals surface area contributed by atoms with E-state index < -0.39 is 40.8 Å². The van der Waals surface area contributed by atoms with Gasteiger partial charge in [0, 0.05) is 6.26 Å². The van der Waals surface area contributed by atoms with Crippen LogP contribution in [0.3, 0.4) is 0 Å². The van der Waals surface area contributed by atoms with E-state index >= 15 is 0 Å². The number of aliphatic hydroxyl groups excluding tert-OH is 1. The molecule has 0 radical (unpaired) electrons. The number of rotatable bonds is 8. The minimum absolute atomic E-state index is 0.00627. The van der Waals surface area contributed by atoms with Gasteiger partial charge in [0.25, 0.3) is 0 Å². The molecule has 3 aromatic rings. The van der Waals surface area contributed by atoms with E-state index in [0.29, 0.717) is 16.7 Å². The lowest BCUT2D eigenvalue weighted by Gasteiger charge is -2.11. The minimum atomic E-state index is -4.69. The summed E-state index contributed by atoms with van der Waals surface area (Å²) in [5.74, 6) is -0.651. The fraction of sp³-hybridized carbons (Fsp3) is 0.273. The van der Waals surface area contributed by atoms with E-state index in [1.165, 1.54) is 23.9 Å². The molecule has 0 saturated carbocycles. The molecule has 0 saturated heterocycles. The van der Waals surface area contributed by atoms with E-state index in [9.17, 15) is 31.5 Å². The number of aromatic nitrogens is 2. The molecule has 0 aliphatic rings. The number of hydrogen-bond donors (Lipinski definition) is 1. The number of nitrogens with zero attached hydrogens (tertiary/aromatic N) is 2. The molecule has 1 N–H and O–H groups in total. The molecule has 1 heterocycles. The van der Waals surface area contributed by atoms with Crippen molar-refractivity contribution in [2.45, 2.75) is 24.2 Å². The highest BCUT2D eigenvalue weighted by molar-refractivity contribution is 7.98. The predicted octanol–water partition coefficient (Wildman–Crippen LogP) is 4.00. The largest absolute Gasteiger partial charge is 0.453 e. The molecule has 0 aliphatic heterocycles. The summed E-state index contributed by atoms with van der Waals surface area (Å²) in [6.45, 7) is -0.930. The Kier molecular flexibility index (Phi) is 7.74. The van der Waals surface area contributed by atoms with Gasteiger partial charge in [-0.2, -0.15) is 18.3 Å². The highest BCUT2D eigenvalue weighted by Crippen LogP contribution is 2.33. The molecule has 34 heavy (non-hydrogen) atoms. The zero-order valence-electron chi connectivity index (χ0n) is 18.2. The van der Waals surface area contributed by atoms with E-state index in [2.05, 4.69) is 5.10 Å². The third-order valence-corrected chi connectivity index (χ3v) is 6.37. The van der Waals surface area contributed by atoms with Crippen molar-refractivity contribution in [2.24, 2.45) is 0 Å². The zero-order chi connectivity index (χ0) is 25.1. The highest BCUT2D eigenvalue weighted by atomic mass is 32.2. The van der Waals surface area contributed by atoms with Gasteiger partial charge in [0.05, 0.1) is 17.2 Å². The number of sulfone groups is 1. The first-order valence-electron chi connectivity index (χ1n) is 9.78. The van der Waals surface area contributed by atoms with Gasteiger partial charge in [-0.3, -0.25) is 9.48 Å². The standard InChI is InChI=1S/C22H21F3N2O5S2/c1-33-13-32-21(29)11-27-18(10-20(26-27)22(23,24)25)15-5-3-14(4-6-15)16-7-8-17(12-28)19(9-16)34(2,30)31/h3-10,28H,11-13H2,1-2H3. The number of hydrogen-bond acceptors (Lipinski definition) is 7. The summed E-state index contributed by atoms with van der Waals surface area (Å²) in [5, 5.41) is 13.0. The third-order valence-electron chi connectivity index (χ3n) is 4.84. The van der Waals surface area contributed by atoms with E-state index in [-0.39, 0.29) is 22.1 Å². The third kappa shape index (κ3) is 5.99. The second-order valence-electron chi connectivity index (χ2n) is 7.32. The van der Waals surface area contributed by atoms with Crippen LogP contribution in [0.15, 0.2) is 53.4 Å². The van der Waals surface area contributed by atoms with E-state index in [0.717, 1.165) is 17.0 Å². The van der Waals surface area contributed by atoms with Crippen LogP contribution in [-0.2, 0) is 38.7 Å². The maximum absolute atomic E-state index is 13.3. The molecule has 0 amide bonds. The number of esters is 1. The molecule has 2 aromatic carbocycles. The molecule has 7 nitrogen and oxygen atoms in total. The van der Waals surface area contributed by atoms with Crippen LogP contribution in [0.5, 0.6) is 0 Å². The Morgan fingerprint density at radius 1 is 1.09 bits per heavy atom. The van der Waals surface area contributed by atoms with Crippen LogP contribution in [0.1, 0.15) is 11.3 Å². The predicted molar refractivity (Wildman–Crippen MR) is 122 cm³/mol. The zero-order valence-corrected chi connectivity index (χ0v) is 19.8. The van der Waals surface area contributed by atoms with Crippen molar-refractivity contribution in [1.29, 1.82) is 0 Å². The highest BCUT2D eigenvalue weighted by Gasteiger charge is 2.35. The summed E-state index contributed by atoms with van der Waals surface area (Å²) in [7, 11) is -3.59. The maximum atomic E-state index is 13.3. The van der Waals surface area contributed by atoms with Gasteiger partial charge in [0.2, 0.25) is 0 Å². The van der Waals surface area contributed by atoms with Gasteiger partial charge in [0.15, 0.2) is 15.5 Å². The van der Waals surface area contributed by atoms with Crippen LogP contribution in [0.25, 0.3) is 22.4 Å². The number of aliphatic hydroxyl groups is 1. The van der Waals surface area contributed by atoms with Gasteiger partial charge in [0.1, 0.15) is 12.5 Å². The monoisotopic (exact) mass is 514 g/mol. The molecule has 0 atom stereocenters. The Morgan fingerprint density at radius 3 is 2.26 bits per heavy atom.